The molecule has 1 aromatic heterocycles. The summed E-state index contributed by atoms with van der Waals surface area (Å²) in [5.74, 6) is -0.446. The molecule has 0 fully saturated rings. The van der Waals surface area contributed by atoms with E-state index in [-0.39, 0.29) is 16.0 Å². The van der Waals surface area contributed by atoms with E-state index < -0.39 is 15.7 Å². The predicted octanol–water partition coefficient (Wildman–Crippen LogP) is 2.14. The second-order valence-electron chi connectivity index (χ2n) is 5.07. The van der Waals surface area contributed by atoms with Crippen molar-refractivity contribution in [1.82, 2.24) is 20.5 Å². The first-order valence-electron chi connectivity index (χ1n) is 7.04. The molecule has 0 amide bonds. The third kappa shape index (κ3) is 5.85. The van der Waals surface area contributed by atoms with Crippen molar-refractivity contribution >= 4 is 37.4 Å². The van der Waals surface area contributed by atoms with Crippen LogP contribution < -0.4 is 10.2 Å². The van der Waals surface area contributed by atoms with E-state index in [0.717, 1.165) is 0 Å². The van der Waals surface area contributed by atoms with Gasteiger partial charge in [-0.3, -0.25) is 10.7 Å². The van der Waals surface area contributed by atoms with Crippen molar-refractivity contribution in [2.45, 2.75) is 12.8 Å². The van der Waals surface area contributed by atoms with Gasteiger partial charge in [0.25, 0.3) is 0 Å². The van der Waals surface area contributed by atoms with Crippen LogP contribution in [0.5, 0.6) is 0 Å². The molecule has 0 saturated heterocycles. The SMILES string of the molecule is CS(=N)(=O)NCCCc1nonc1C(=Nc1ccc(F)c(Br)c1)NO. The fourth-order valence-corrected chi connectivity index (χ4v) is 2.79. The Morgan fingerprint density at radius 1 is 1.52 bits per heavy atom. The summed E-state index contributed by atoms with van der Waals surface area (Å²) < 4.78 is 39.3. The number of aromatic nitrogens is 2. The van der Waals surface area contributed by atoms with Crippen LogP contribution in [0.4, 0.5) is 10.1 Å². The van der Waals surface area contributed by atoms with Gasteiger partial charge in [-0.05, 0) is 52.1 Å². The van der Waals surface area contributed by atoms with Gasteiger partial charge in [0.1, 0.15) is 21.4 Å². The summed E-state index contributed by atoms with van der Waals surface area (Å²) in [5.41, 5.74) is 2.93. The molecule has 1 atom stereocenters. The summed E-state index contributed by atoms with van der Waals surface area (Å²) in [6.07, 6.45) is 2.21. The minimum Gasteiger partial charge on any atom is -0.290 e. The molecule has 0 bridgehead atoms. The van der Waals surface area contributed by atoms with Crippen LogP contribution in [0.25, 0.3) is 0 Å². The van der Waals surface area contributed by atoms with Crippen LogP contribution in [0.1, 0.15) is 17.8 Å². The lowest BCUT2D eigenvalue weighted by molar-refractivity contribution is 0.234. The van der Waals surface area contributed by atoms with Gasteiger partial charge in [-0.2, -0.15) is 0 Å². The third-order valence-corrected chi connectivity index (χ3v) is 4.36. The Balaban J connectivity index is 2.14. The van der Waals surface area contributed by atoms with Crippen molar-refractivity contribution in [3.8, 4) is 0 Å². The predicted molar refractivity (Wildman–Crippen MR) is 92.6 cm³/mol. The van der Waals surface area contributed by atoms with Crippen molar-refractivity contribution in [2.75, 3.05) is 12.8 Å². The molecule has 25 heavy (non-hydrogen) atoms. The molecular formula is C13H16BrFN6O3S. The number of nitrogens with zero attached hydrogens (tertiary/aromatic N) is 3. The van der Waals surface area contributed by atoms with Crippen molar-refractivity contribution in [3.05, 3.63) is 39.9 Å². The fourth-order valence-electron chi connectivity index (χ4n) is 1.89. The molecule has 4 N–H and O–H groups in total. The van der Waals surface area contributed by atoms with E-state index in [1.54, 1.807) is 0 Å². The van der Waals surface area contributed by atoms with Gasteiger partial charge in [0, 0.05) is 12.8 Å². The zero-order valence-corrected chi connectivity index (χ0v) is 15.5. The molecule has 2 aromatic rings. The lowest BCUT2D eigenvalue weighted by atomic mass is 10.2. The Bertz CT molecular complexity index is 870. The van der Waals surface area contributed by atoms with E-state index in [4.69, 9.17) is 9.41 Å². The lowest BCUT2D eigenvalue weighted by Crippen LogP contribution is -2.24. The smallest absolute Gasteiger partial charge is 0.181 e. The molecule has 0 aliphatic heterocycles. The van der Waals surface area contributed by atoms with E-state index in [1.807, 2.05) is 5.48 Å². The minimum absolute atomic E-state index is 0.0116. The van der Waals surface area contributed by atoms with Gasteiger partial charge in [-0.25, -0.2) is 27.7 Å². The van der Waals surface area contributed by atoms with Crippen LogP contribution in [0, 0.1) is 10.6 Å². The van der Waals surface area contributed by atoms with E-state index >= 15 is 0 Å². The summed E-state index contributed by atoms with van der Waals surface area (Å²) >= 11 is 3.06. The molecule has 1 aromatic carbocycles. The molecule has 1 unspecified atom stereocenters. The molecule has 0 aliphatic carbocycles. The Hall–Kier alpha value is -1.89. The fraction of sp³-hybridized carbons (Fsp3) is 0.308. The van der Waals surface area contributed by atoms with Gasteiger partial charge in [0.2, 0.25) is 0 Å². The Labute approximate surface area is 151 Å². The van der Waals surface area contributed by atoms with Crippen molar-refractivity contribution in [2.24, 2.45) is 4.99 Å². The number of hydroxylamine groups is 1. The summed E-state index contributed by atoms with van der Waals surface area (Å²) in [5, 5.41) is 16.8. The third-order valence-electron chi connectivity index (χ3n) is 3.00. The molecule has 0 saturated carbocycles. The normalized spacial score (nSPS) is 14.3. The topological polar surface area (TPSA) is 136 Å². The van der Waals surface area contributed by atoms with Gasteiger partial charge in [-0.1, -0.05) is 5.16 Å². The number of aliphatic imine (C=N–C) groups is 1. The zero-order valence-electron chi connectivity index (χ0n) is 13.1. The molecule has 0 radical (unpaired) electrons. The maximum Gasteiger partial charge on any atom is 0.181 e. The highest BCUT2D eigenvalue weighted by atomic mass is 79.9. The average Bonchev–Trinajstić information content (AvgIpc) is 3.00. The molecular weight excluding hydrogens is 419 g/mol. The Kier molecular flexibility index (Phi) is 6.58. The van der Waals surface area contributed by atoms with Crippen molar-refractivity contribution in [3.63, 3.8) is 0 Å². The van der Waals surface area contributed by atoms with Crippen LogP contribution in [0.15, 0.2) is 32.3 Å². The van der Waals surface area contributed by atoms with Crippen LogP contribution in [0.2, 0.25) is 0 Å². The molecule has 9 nitrogen and oxygen atoms in total. The highest BCUT2D eigenvalue weighted by molar-refractivity contribution is 9.10. The second-order valence-corrected chi connectivity index (χ2v) is 7.90. The number of nitrogens with one attached hydrogen (secondary N) is 3. The van der Waals surface area contributed by atoms with Crippen molar-refractivity contribution in [1.29, 1.82) is 4.78 Å². The Morgan fingerprint density at radius 3 is 2.92 bits per heavy atom. The maximum absolute atomic E-state index is 13.3. The second kappa shape index (κ2) is 8.47. The molecule has 12 heteroatoms. The van der Waals surface area contributed by atoms with E-state index in [9.17, 15) is 13.8 Å². The standard InChI is InChI=1S/C13H16BrFN6O3S/c1-25(16,23)17-6-2-3-11-12(21-24-20-11)13(19-22)18-8-4-5-10(15)9(14)7-8/h4-5,7,22H,2-3,6H2,1H3,(H,18,19)(H2,16,17,23). The first-order valence-corrected chi connectivity index (χ1v) is 9.80. The number of halogens is 2. The van der Waals surface area contributed by atoms with E-state index in [1.165, 1.54) is 24.5 Å². The number of rotatable bonds is 7. The van der Waals surface area contributed by atoms with Crippen LogP contribution >= 0.6 is 15.9 Å². The zero-order chi connectivity index (χ0) is 18.4. The summed E-state index contributed by atoms with van der Waals surface area (Å²) in [6, 6.07) is 4.10. The van der Waals surface area contributed by atoms with Crippen LogP contribution in [0.3, 0.4) is 0 Å². The quantitative estimate of drug-likeness (QED) is 0.228. The Morgan fingerprint density at radius 2 is 2.28 bits per heavy atom. The average molecular weight is 435 g/mol. The maximum atomic E-state index is 13.3. The van der Waals surface area contributed by atoms with Gasteiger partial charge >= 0.3 is 0 Å². The highest BCUT2D eigenvalue weighted by Gasteiger charge is 2.16. The molecule has 2 rings (SSSR count). The highest BCUT2D eigenvalue weighted by Crippen LogP contribution is 2.22. The number of amidine groups is 1. The first-order chi connectivity index (χ1) is 11.8. The van der Waals surface area contributed by atoms with Gasteiger partial charge in [-0.15, -0.1) is 0 Å². The summed E-state index contributed by atoms with van der Waals surface area (Å²) in [7, 11) is -2.77. The van der Waals surface area contributed by atoms with Crippen LogP contribution in [-0.4, -0.2) is 38.4 Å². The number of hydrogen-bond donors (Lipinski definition) is 4. The molecule has 0 aliphatic rings. The van der Waals surface area contributed by atoms with Crippen molar-refractivity contribution < 1.29 is 18.4 Å². The van der Waals surface area contributed by atoms with Gasteiger partial charge in [0.15, 0.2) is 11.5 Å². The molecule has 1 heterocycles. The number of hydrogen-bond acceptors (Lipinski definition) is 7. The monoisotopic (exact) mass is 434 g/mol. The largest absolute Gasteiger partial charge is 0.290 e. The van der Waals surface area contributed by atoms with E-state index in [2.05, 4.69) is 36.0 Å². The first kappa shape index (κ1) is 19.4. The molecule has 136 valence electrons. The van der Waals surface area contributed by atoms with E-state index in [0.29, 0.717) is 30.8 Å². The minimum atomic E-state index is -2.77. The van der Waals surface area contributed by atoms with Crippen LogP contribution in [-0.2, 0) is 16.3 Å². The van der Waals surface area contributed by atoms with Gasteiger partial charge < -0.3 is 0 Å². The summed E-state index contributed by atoms with van der Waals surface area (Å²) in [4.78, 5) is 4.15. The van der Waals surface area contributed by atoms with Gasteiger partial charge in [0.05, 0.1) is 10.2 Å². The number of aryl methyl sites for hydroxylation is 1. The lowest BCUT2D eigenvalue weighted by Gasteiger charge is -2.05. The number of benzene rings is 1. The molecule has 0 spiro atoms. The summed E-state index contributed by atoms with van der Waals surface area (Å²) in [6.45, 7) is 0.342.